The molecule has 1 N–H and O–H groups in total. The predicted molar refractivity (Wildman–Crippen MR) is 83.7 cm³/mol. The molecule has 2 saturated heterocycles. The maximum atomic E-state index is 13.2. The van der Waals surface area contributed by atoms with E-state index in [1.807, 2.05) is 23.1 Å². The number of likely N-dealkylation sites (tertiary alicyclic amines) is 1. The number of amides is 1. The highest BCUT2D eigenvalue weighted by Gasteiger charge is 2.68. The molecule has 1 aliphatic carbocycles. The fraction of sp³-hybridized carbons (Fsp3) is 0.667. The summed E-state index contributed by atoms with van der Waals surface area (Å²) in [6.45, 7) is 4.37. The summed E-state index contributed by atoms with van der Waals surface area (Å²) in [6.07, 6.45) is 11.3. The molecule has 4 atom stereocenters. The lowest BCUT2D eigenvalue weighted by Crippen LogP contribution is -2.52. The van der Waals surface area contributed by atoms with Gasteiger partial charge in [-0.05, 0) is 19.3 Å². The van der Waals surface area contributed by atoms with Gasteiger partial charge in [0.1, 0.15) is 11.5 Å². The summed E-state index contributed by atoms with van der Waals surface area (Å²) in [6, 6.07) is 0. The van der Waals surface area contributed by atoms with Crippen LogP contribution < -0.4 is 0 Å². The predicted octanol–water partition coefficient (Wildman–Crippen LogP) is 2.13. The third kappa shape index (κ3) is 1.89. The van der Waals surface area contributed by atoms with Crippen LogP contribution in [0.15, 0.2) is 24.8 Å². The molecular weight excluding hydrogens is 294 g/mol. The molecule has 0 aromatic carbocycles. The molecule has 23 heavy (non-hydrogen) atoms. The summed E-state index contributed by atoms with van der Waals surface area (Å²) in [4.78, 5) is 26.8. The van der Waals surface area contributed by atoms with Gasteiger partial charge in [0, 0.05) is 5.54 Å². The van der Waals surface area contributed by atoms with Crippen molar-refractivity contribution in [3.63, 3.8) is 0 Å². The number of carbonyl (C=O) groups is 2. The number of carbonyl (C=O) groups excluding carboxylic acids is 1. The first kappa shape index (κ1) is 14.9. The lowest BCUT2D eigenvalue weighted by atomic mass is 9.77. The van der Waals surface area contributed by atoms with E-state index < -0.39 is 29.5 Å². The van der Waals surface area contributed by atoms with E-state index in [1.165, 1.54) is 6.42 Å². The Bertz CT molecular complexity index is 592. The Morgan fingerprint density at radius 2 is 2.17 bits per heavy atom. The summed E-state index contributed by atoms with van der Waals surface area (Å²) >= 11 is 0. The van der Waals surface area contributed by atoms with Crippen molar-refractivity contribution in [1.29, 1.82) is 0 Å². The zero-order chi connectivity index (χ0) is 16.2. The fourth-order valence-electron chi connectivity index (χ4n) is 5.24. The zero-order valence-corrected chi connectivity index (χ0v) is 13.2. The van der Waals surface area contributed by atoms with Gasteiger partial charge in [-0.1, -0.05) is 37.5 Å². The van der Waals surface area contributed by atoms with Crippen molar-refractivity contribution in [2.75, 3.05) is 6.54 Å². The van der Waals surface area contributed by atoms with Crippen LogP contribution in [0.1, 0.15) is 38.5 Å². The minimum absolute atomic E-state index is 0.0343. The molecule has 4 aliphatic rings. The van der Waals surface area contributed by atoms with Gasteiger partial charge in [0.15, 0.2) is 0 Å². The standard InChI is InChI=1S/C18H23NO4/c1-2-7-17(8-4-3-5-9-17)19-11-18-10-6-12(23-18)13(16(21)22)14(18)15(19)20/h2,6,10,12-14H,1,3-5,7-9,11H2,(H,21,22)/t12-,13-,14+,18-/m1/s1. The van der Waals surface area contributed by atoms with E-state index in [0.29, 0.717) is 6.54 Å². The van der Waals surface area contributed by atoms with Gasteiger partial charge in [0.25, 0.3) is 0 Å². The number of nitrogens with zero attached hydrogens (tertiary/aromatic N) is 1. The van der Waals surface area contributed by atoms with Crippen LogP contribution in [0.5, 0.6) is 0 Å². The molecule has 0 aromatic heterocycles. The number of ether oxygens (including phenoxy) is 1. The van der Waals surface area contributed by atoms with Crippen molar-refractivity contribution in [1.82, 2.24) is 4.90 Å². The van der Waals surface area contributed by atoms with Crippen molar-refractivity contribution >= 4 is 11.9 Å². The van der Waals surface area contributed by atoms with E-state index in [2.05, 4.69) is 6.58 Å². The first-order valence-corrected chi connectivity index (χ1v) is 8.55. The van der Waals surface area contributed by atoms with E-state index in [9.17, 15) is 14.7 Å². The Hall–Kier alpha value is -1.62. The second kappa shape index (κ2) is 4.94. The Labute approximate surface area is 136 Å². The zero-order valence-electron chi connectivity index (χ0n) is 13.2. The van der Waals surface area contributed by atoms with Crippen molar-refractivity contribution in [3.05, 3.63) is 24.8 Å². The molecule has 0 unspecified atom stereocenters. The molecule has 1 spiro atoms. The summed E-state index contributed by atoms with van der Waals surface area (Å²) in [7, 11) is 0. The lowest BCUT2D eigenvalue weighted by Gasteiger charge is -2.45. The smallest absolute Gasteiger partial charge is 0.310 e. The van der Waals surface area contributed by atoms with Crippen LogP contribution in [0.2, 0.25) is 0 Å². The molecule has 3 aliphatic heterocycles. The Morgan fingerprint density at radius 3 is 2.83 bits per heavy atom. The number of carboxylic acid groups (broad SMARTS) is 1. The van der Waals surface area contributed by atoms with Crippen molar-refractivity contribution < 1.29 is 19.4 Å². The molecule has 3 heterocycles. The van der Waals surface area contributed by atoms with Gasteiger partial charge in [-0.15, -0.1) is 6.58 Å². The van der Waals surface area contributed by atoms with Crippen LogP contribution >= 0.6 is 0 Å². The molecule has 0 radical (unpaired) electrons. The second-order valence-electron chi connectivity index (χ2n) is 7.44. The van der Waals surface area contributed by atoms with Crippen LogP contribution in [0.3, 0.4) is 0 Å². The van der Waals surface area contributed by atoms with Crippen LogP contribution in [-0.2, 0) is 14.3 Å². The Kier molecular flexibility index (Phi) is 3.21. The quantitative estimate of drug-likeness (QED) is 0.807. The molecule has 1 saturated carbocycles. The average Bonchev–Trinajstić information content (AvgIpc) is 3.17. The summed E-state index contributed by atoms with van der Waals surface area (Å²) in [5.74, 6) is -2.28. The van der Waals surface area contributed by atoms with Gasteiger partial charge in [-0.3, -0.25) is 9.59 Å². The van der Waals surface area contributed by atoms with Gasteiger partial charge in [0.05, 0.1) is 18.6 Å². The molecule has 5 heteroatoms. The molecule has 5 nitrogen and oxygen atoms in total. The number of rotatable bonds is 4. The Balaban J connectivity index is 1.70. The number of aliphatic carboxylic acids is 1. The largest absolute Gasteiger partial charge is 0.481 e. The van der Waals surface area contributed by atoms with Gasteiger partial charge < -0.3 is 14.7 Å². The van der Waals surface area contributed by atoms with Gasteiger partial charge in [0.2, 0.25) is 5.91 Å². The molecule has 4 rings (SSSR count). The summed E-state index contributed by atoms with van der Waals surface area (Å²) in [5, 5.41) is 9.56. The lowest BCUT2D eigenvalue weighted by molar-refractivity contribution is -0.150. The third-order valence-corrected chi connectivity index (χ3v) is 6.27. The van der Waals surface area contributed by atoms with Crippen LogP contribution in [-0.4, -0.2) is 45.7 Å². The SMILES string of the molecule is C=CCC1(N2C[C@@]34C=C[C@@H](O3)[C@@H](C(=O)O)[C@H]4C2=O)CCCCC1. The van der Waals surface area contributed by atoms with Crippen LogP contribution in [0, 0.1) is 11.8 Å². The van der Waals surface area contributed by atoms with Crippen molar-refractivity contribution in [2.24, 2.45) is 11.8 Å². The summed E-state index contributed by atoms with van der Waals surface area (Å²) in [5.41, 5.74) is -0.926. The second-order valence-corrected chi connectivity index (χ2v) is 7.44. The summed E-state index contributed by atoms with van der Waals surface area (Å²) < 4.78 is 5.99. The molecule has 2 bridgehead atoms. The van der Waals surface area contributed by atoms with Crippen molar-refractivity contribution in [2.45, 2.75) is 55.8 Å². The van der Waals surface area contributed by atoms with Crippen molar-refractivity contribution in [3.8, 4) is 0 Å². The fourth-order valence-corrected chi connectivity index (χ4v) is 5.24. The minimum Gasteiger partial charge on any atom is -0.481 e. The van der Waals surface area contributed by atoms with Gasteiger partial charge in [-0.2, -0.15) is 0 Å². The highest BCUT2D eigenvalue weighted by molar-refractivity contribution is 5.91. The Morgan fingerprint density at radius 1 is 1.43 bits per heavy atom. The van der Waals surface area contributed by atoms with E-state index >= 15 is 0 Å². The van der Waals surface area contributed by atoms with Gasteiger partial charge >= 0.3 is 5.97 Å². The maximum absolute atomic E-state index is 13.2. The van der Waals surface area contributed by atoms with E-state index in [-0.39, 0.29) is 11.4 Å². The molecule has 124 valence electrons. The molecule has 0 aromatic rings. The first-order chi connectivity index (χ1) is 11.0. The minimum atomic E-state index is -0.928. The van der Waals surface area contributed by atoms with E-state index in [4.69, 9.17) is 4.74 Å². The third-order valence-electron chi connectivity index (χ3n) is 6.27. The average molecular weight is 317 g/mol. The normalized spacial score (nSPS) is 40.4. The van der Waals surface area contributed by atoms with E-state index in [0.717, 1.165) is 32.1 Å². The topological polar surface area (TPSA) is 66.8 Å². The number of hydrogen-bond acceptors (Lipinski definition) is 3. The van der Waals surface area contributed by atoms with Crippen LogP contribution in [0.4, 0.5) is 0 Å². The molecule has 1 amide bonds. The highest BCUT2D eigenvalue weighted by atomic mass is 16.5. The number of fused-ring (bicyclic) bond motifs is 1. The van der Waals surface area contributed by atoms with Crippen LogP contribution in [0.25, 0.3) is 0 Å². The molecular formula is C18H23NO4. The van der Waals surface area contributed by atoms with E-state index in [1.54, 1.807) is 0 Å². The van der Waals surface area contributed by atoms with Gasteiger partial charge in [-0.25, -0.2) is 0 Å². The monoisotopic (exact) mass is 317 g/mol. The number of hydrogen-bond donors (Lipinski definition) is 1. The first-order valence-electron chi connectivity index (χ1n) is 8.55. The highest BCUT2D eigenvalue weighted by Crippen LogP contribution is 2.54. The number of carboxylic acids is 1. The maximum Gasteiger partial charge on any atom is 0.310 e. The molecule has 3 fully saturated rings.